The minimum absolute atomic E-state index is 0.830. The molecule has 0 fully saturated rings. The van der Waals surface area contributed by atoms with Gasteiger partial charge in [0, 0.05) is 32.3 Å². The molecule has 3 N–H and O–H groups in total. The van der Waals surface area contributed by atoms with Crippen molar-refractivity contribution in [3.8, 4) is 0 Å². The summed E-state index contributed by atoms with van der Waals surface area (Å²) in [5.74, 6) is 2.05. The van der Waals surface area contributed by atoms with Gasteiger partial charge in [0.2, 0.25) is 0 Å². The highest BCUT2D eigenvalue weighted by atomic mass is 15.2. The van der Waals surface area contributed by atoms with Crippen LogP contribution in [0.2, 0.25) is 0 Å². The van der Waals surface area contributed by atoms with Crippen LogP contribution in [0.1, 0.15) is 6.42 Å². The molecular formula is C10H14N4. The summed E-state index contributed by atoms with van der Waals surface area (Å²) >= 11 is 0. The van der Waals surface area contributed by atoms with Gasteiger partial charge >= 0.3 is 0 Å². The van der Waals surface area contributed by atoms with E-state index >= 15 is 0 Å². The average Bonchev–Trinajstić information content (AvgIpc) is 2.67. The number of anilines is 2. The first-order valence-electron chi connectivity index (χ1n) is 4.95. The number of aryl methyl sites for hydroxylation is 2. The van der Waals surface area contributed by atoms with E-state index in [0.717, 1.165) is 18.9 Å². The van der Waals surface area contributed by atoms with Crippen molar-refractivity contribution < 1.29 is 0 Å². The van der Waals surface area contributed by atoms with Crippen LogP contribution in [0.25, 0.3) is 11.0 Å². The first-order valence-corrected chi connectivity index (χ1v) is 4.95. The molecule has 1 aliphatic rings. The number of nitrogens with one attached hydrogen (secondary N) is 1. The van der Waals surface area contributed by atoms with Crippen molar-refractivity contribution >= 4 is 22.7 Å². The third-order valence-corrected chi connectivity index (χ3v) is 3.02. The van der Waals surface area contributed by atoms with Crippen LogP contribution < -0.4 is 11.1 Å². The average molecular weight is 190 g/mol. The van der Waals surface area contributed by atoms with E-state index in [1.165, 1.54) is 23.3 Å². The second kappa shape index (κ2) is 2.47. The first-order chi connectivity index (χ1) is 6.77. The molecule has 0 saturated heterocycles. The van der Waals surface area contributed by atoms with Gasteiger partial charge in [0.05, 0.1) is 11.0 Å². The Morgan fingerprint density at radius 2 is 2.21 bits per heavy atom. The van der Waals surface area contributed by atoms with Gasteiger partial charge in [-0.15, -0.1) is 0 Å². The Morgan fingerprint density at radius 1 is 1.36 bits per heavy atom. The van der Waals surface area contributed by atoms with E-state index in [2.05, 4.69) is 16.0 Å². The number of nitrogen functional groups attached to an aromatic ring is 1. The van der Waals surface area contributed by atoms with Crippen molar-refractivity contribution in [2.45, 2.75) is 13.0 Å². The summed E-state index contributed by atoms with van der Waals surface area (Å²) in [6.45, 7) is 2.17. The SMILES string of the molecule is Cn1c(N)cc2c1cc1n2CCCN1. The highest BCUT2D eigenvalue weighted by Crippen LogP contribution is 2.29. The number of nitrogens with zero attached hydrogens (tertiary/aromatic N) is 2. The van der Waals surface area contributed by atoms with Gasteiger partial charge in [0.15, 0.2) is 0 Å². The quantitative estimate of drug-likeness (QED) is 0.659. The standard InChI is InChI=1S/C10H14N4/c1-13-7-6-10-12-3-2-4-14(10)8(7)5-9(13)11/h5-6,12H,2-4,11H2,1H3. The lowest BCUT2D eigenvalue weighted by Crippen LogP contribution is -2.16. The van der Waals surface area contributed by atoms with Crippen LogP contribution in [0.4, 0.5) is 11.6 Å². The molecule has 0 unspecified atom stereocenters. The van der Waals surface area contributed by atoms with Crippen LogP contribution in [0.3, 0.4) is 0 Å². The maximum absolute atomic E-state index is 5.86. The fourth-order valence-corrected chi connectivity index (χ4v) is 2.19. The molecule has 4 heteroatoms. The minimum Gasteiger partial charge on any atom is -0.385 e. The molecule has 3 heterocycles. The predicted molar refractivity (Wildman–Crippen MR) is 58.4 cm³/mol. The molecule has 1 aliphatic heterocycles. The number of hydrogen-bond donors (Lipinski definition) is 2. The van der Waals surface area contributed by atoms with Gasteiger partial charge in [-0.25, -0.2) is 0 Å². The van der Waals surface area contributed by atoms with Crippen LogP contribution in [-0.2, 0) is 13.6 Å². The van der Waals surface area contributed by atoms with Crippen LogP contribution in [0.15, 0.2) is 12.1 Å². The maximum atomic E-state index is 5.86. The van der Waals surface area contributed by atoms with Crippen molar-refractivity contribution in [3.05, 3.63) is 12.1 Å². The molecule has 0 aliphatic carbocycles. The molecular weight excluding hydrogens is 176 g/mol. The summed E-state index contributed by atoms with van der Waals surface area (Å²) in [5.41, 5.74) is 8.32. The lowest BCUT2D eigenvalue weighted by atomic mass is 10.3. The molecule has 0 aromatic carbocycles. The molecule has 2 aromatic heterocycles. The summed E-state index contributed by atoms with van der Waals surface area (Å²) in [4.78, 5) is 0. The van der Waals surface area contributed by atoms with Crippen molar-refractivity contribution in [1.29, 1.82) is 0 Å². The van der Waals surface area contributed by atoms with Crippen LogP contribution in [0, 0.1) is 0 Å². The monoisotopic (exact) mass is 190 g/mol. The number of nitrogens with two attached hydrogens (primary N) is 1. The number of rotatable bonds is 0. The molecule has 0 radical (unpaired) electrons. The van der Waals surface area contributed by atoms with Gasteiger partial charge in [-0.3, -0.25) is 0 Å². The van der Waals surface area contributed by atoms with E-state index < -0.39 is 0 Å². The van der Waals surface area contributed by atoms with E-state index in [1.54, 1.807) is 0 Å². The Kier molecular flexibility index (Phi) is 1.37. The smallest absolute Gasteiger partial charge is 0.108 e. The summed E-state index contributed by atoms with van der Waals surface area (Å²) in [7, 11) is 2.00. The Bertz CT molecular complexity index is 492. The zero-order valence-electron chi connectivity index (χ0n) is 8.25. The molecule has 4 nitrogen and oxygen atoms in total. The second-order valence-electron chi connectivity index (χ2n) is 3.86. The zero-order chi connectivity index (χ0) is 9.71. The Balaban J connectivity index is 2.34. The number of hydrogen-bond acceptors (Lipinski definition) is 2. The van der Waals surface area contributed by atoms with Crippen molar-refractivity contribution in [2.24, 2.45) is 7.05 Å². The maximum Gasteiger partial charge on any atom is 0.108 e. The van der Waals surface area contributed by atoms with E-state index in [0.29, 0.717) is 0 Å². The third-order valence-electron chi connectivity index (χ3n) is 3.02. The Labute approximate surface area is 82.3 Å². The van der Waals surface area contributed by atoms with E-state index in [4.69, 9.17) is 5.73 Å². The number of aromatic nitrogens is 2. The van der Waals surface area contributed by atoms with E-state index in [1.807, 2.05) is 17.7 Å². The van der Waals surface area contributed by atoms with Crippen LogP contribution in [-0.4, -0.2) is 15.7 Å². The Hall–Kier alpha value is -1.58. The van der Waals surface area contributed by atoms with Crippen LogP contribution in [0.5, 0.6) is 0 Å². The summed E-state index contributed by atoms with van der Waals surface area (Å²) < 4.78 is 4.33. The number of fused-ring (bicyclic) bond motifs is 3. The second-order valence-corrected chi connectivity index (χ2v) is 3.86. The Morgan fingerprint density at radius 3 is 3.07 bits per heavy atom. The fourth-order valence-electron chi connectivity index (χ4n) is 2.19. The van der Waals surface area contributed by atoms with Gasteiger partial charge in [-0.2, -0.15) is 0 Å². The minimum atomic E-state index is 0.830. The fraction of sp³-hybridized carbons (Fsp3) is 0.400. The molecule has 0 spiro atoms. The lowest BCUT2D eigenvalue weighted by molar-refractivity contribution is 0.650. The largest absolute Gasteiger partial charge is 0.385 e. The molecule has 3 rings (SSSR count). The van der Waals surface area contributed by atoms with Crippen molar-refractivity contribution in [1.82, 2.24) is 9.13 Å². The van der Waals surface area contributed by atoms with Crippen LogP contribution >= 0.6 is 0 Å². The van der Waals surface area contributed by atoms with Gasteiger partial charge < -0.3 is 20.2 Å². The molecule has 0 atom stereocenters. The normalized spacial score (nSPS) is 15.5. The summed E-state index contributed by atoms with van der Waals surface area (Å²) in [6.07, 6.45) is 1.19. The van der Waals surface area contributed by atoms with Gasteiger partial charge in [0.25, 0.3) is 0 Å². The van der Waals surface area contributed by atoms with E-state index in [-0.39, 0.29) is 0 Å². The lowest BCUT2D eigenvalue weighted by Gasteiger charge is -2.17. The van der Waals surface area contributed by atoms with E-state index in [9.17, 15) is 0 Å². The van der Waals surface area contributed by atoms with Gasteiger partial charge in [0.1, 0.15) is 11.6 Å². The molecule has 0 bridgehead atoms. The molecule has 14 heavy (non-hydrogen) atoms. The molecule has 2 aromatic rings. The highest BCUT2D eigenvalue weighted by Gasteiger charge is 2.15. The third kappa shape index (κ3) is 0.828. The zero-order valence-corrected chi connectivity index (χ0v) is 8.25. The molecule has 0 amide bonds. The van der Waals surface area contributed by atoms with Gasteiger partial charge in [-0.1, -0.05) is 0 Å². The topological polar surface area (TPSA) is 47.9 Å². The summed E-state index contributed by atoms with van der Waals surface area (Å²) in [5, 5.41) is 3.39. The predicted octanol–water partition coefficient (Wildman–Crippen LogP) is 1.38. The van der Waals surface area contributed by atoms with Gasteiger partial charge in [-0.05, 0) is 6.42 Å². The highest BCUT2D eigenvalue weighted by molar-refractivity contribution is 5.86. The van der Waals surface area contributed by atoms with Crippen molar-refractivity contribution in [2.75, 3.05) is 17.6 Å². The first kappa shape index (κ1) is 7.79. The molecule has 0 saturated carbocycles. The molecule has 74 valence electrons. The van der Waals surface area contributed by atoms with Crippen molar-refractivity contribution in [3.63, 3.8) is 0 Å². The summed E-state index contributed by atoms with van der Waals surface area (Å²) in [6, 6.07) is 4.22.